The molecule has 9 nitrogen and oxygen atoms in total. The lowest BCUT2D eigenvalue weighted by molar-refractivity contribution is -0.213. The van der Waals surface area contributed by atoms with Crippen LogP contribution in [0.15, 0.2) is 0 Å². The van der Waals surface area contributed by atoms with Gasteiger partial charge in [0.2, 0.25) is 0 Å². The molecule has 0 saturated carbocycles. The van der Waals surface area contributed by atoms with E-state index in [9.17, 15) is 9.46 Å². The third kappa shape index (κ3) is 2.55. The molecule has 0 radical (unpaired) electrons. The van der Waals surface area contributed by atoms with Crippen molar-refractivity contribution in [3.8, 4) is 0 Å². The number of ether oxygens (including phenoxy) is 2. The van der Waals surface area contributed by atoms with E-state index in [0.29, 0.717) is 5.82 Å². The Morgan fingerprint density at radius 2 is 2.13 bits per heavy atom. The van der Waals surface area contributed by atoms with Crippen LogP contribution in [-0.4, -0.2) is 50.8 Å². The van der Waals surface area contributed by atoms with Gasteiger partial charge in [0.05, 0.1) is 18.8 Å². The second-order valence-corrected chi connectivity index (χ2v) is 8.99. The van der Waals surface area contributed by atoms with Crippen molar-refractivity contribution in [2.45, 2.75) is 70.2 Å². The van der Waals surface area contributed by atoms with E-state index < -0.39 is 31.0 Å². The summed E-state index contributed by atoms with van der Waals surface area (Å²) in [5.74, 6) is 0.454. The van der Waals surface area contributed by atoms with Gasteiger partial charge in [0.15, 0.2) is 11.4 Å². The maximum absolute atomic E-state index is 12.3. The van der Waals surface area contributed by atoms with E-state index in [-0.39, 0.29) is 18.8 Å². The monoisotopic (exact) mass is 345 g/mol. The highest BCUT2D eigenvalue weighted by Gasteiger charge is 2.66. The Labute approximate surface area is 134 Å². The summed E-state index contributed by atoms with van der Waals surface area (Å²) in [4.78, 5) is 12.3. The molecule has 2 aliphatic heterocycles. The quantitative estimate of drug-likeness (QED) is 0.690. The van der Waals surface area contributed by atoms with Crippen molar-refractivity contribution in [1.29, 1.82) is 0 Å². The maximum atomic E-state index is 12.3. The van der Waals surface area contributed by atoms with E-state index in [2.05, 4.69) is 15.5 Å². The molecule has 130 valence electrons. The molecular weight excluding hydrogens is 323 g/mol. The number of nitrogens with zero attached hydrogens (tertiary/aromatic N) is 4. The van der Waals surface area contributed by atoms with Crippen molar-refractivity contribution in [1.82, 2.24) is 20.2 Å². The van der Waals surface area contributed by atoms with E-state index in [0.717, 1.165) is 0 Å². The molecule has 1 unspecified atom stereocenters. The molecule has 2 aliphatic rings. The molecule has 0 N–H and O–H groups in total. The Bertz CT molecular complexity index is 636. The summed E-state index contributed by atoms with van der Waals surface area (Å²) in [5, 5.41) is 11.7. The summed E-state index contributed by atoms with van der Waals surface area (Å²) < 4.78 is 31.2. The SMILES string of the molecule is CC(C)OC[C@@]12O[C@@H](C)[C@@H]([C@@H]1OP(=O)([O-])C(C)C)n1nnnc12. The Morgan fingerprint density at radius 1 is 1.43 bits per heavy atom. The lowest BCUT2D eigenvalue weighted by Crippen LogP contribution is -2.42. The molecule has 23 heavy (non-hydrogen) atoms. The normalized spacial score (nSPS) is 35.0. The van der Waals surface area contributed by atoms with Gasteiger partial charge >= 0.3 is 0 Å². The van der Waals surface area contributed by atoms with Crippen molar-refractivity contribution >= 4 is 7.60 Å². The number of aromatic nitrogens is 4. The van der Waals surface area contributed by atoms with E-state index in [1.165, 1.54) is 0 Å². The van der Waals surface area contributed by atoms with E-state index in [4.69, 9.17) is 14.0 Å². The third-order valence-electron chi connectivity index (χ3n) is 4.32. The van der Waals surface area contributed by atoms with Gasteiger partial charge in [0, 0.05) is 5.66 Å². The molecular formula is C13H22N4O5P-. The average Bonchev–Trinajstić information content (AvgIpc) is 3.06. The molecule has 5 atom stereocenters. The molecule has 0 aliphatic carbocycles. The fourth-order valence-corrected chi connectivity index (χ4v) is 3.92. The van der Waals surface area contributed by atoms with Gasteiger partial charge in [-0.15, -0.1) is 5.10 Å². The Morgan fingerprint density at radius 3 is 2.74 bits per heavy atom. The molecule has 2 bridgehead atoms. The molecule has 0 aromatic carbocycles. The largest absolute Gasteiger partial charge is 0.778 e. The van der Waals surface area contributed by atoms with Gasteiger partial charge in [-0.1, -0.05) is 13.8 Å². The summed E-state index contributed by atoms with van der Waals surface area (Å²) in [7, 11) is -4.04. The fourth-order valence-electron chi connectivity index (χ4n) is 3.07. The highest BCUT2D eigenvalue weighted by Crippen LogP contribution is 2.58. The molecule has 1 aromatic heterocycles. The van der Waals surface area contributed by atoms with Gasteiger partial charge in [0.25, 0.3) is 0 Å². The Balaban J connectivity index is 1.98. The van der Waals surface area contributed by atoms with E-state index >= 15 is 0 Å². The van der Waals surface area contributed by atoms with Crippen LogP contribution in [0.2, 0.25) is 0 Å². The molecule has 1 fully saturated rings. The molecule has 0 spiro atoms. The minimum Gasteiger partial charge on any atom is -0.778 e. The predicted octanol–water partition coefficient (Wildman–Crippen LogP) is 0.614. The number of fused-ring (bicyclic) bond motifs is 5. The summed E-state index contributed by atoms with van der Waals surface area (Å²) >= 11 is 0. The number of rotatable bonds is 6. The predicted molar refractivity (Wildman–Crippen MR) is 77.8 cm³/mol. The topological polar surface area (TPSA) is 111 Å². The highest BCUT2D eigenvalue weighted by molar-refractivity contribution is 7.52. The summed E-state index contributed by atoms with van der Waals surface area (Å²) in [6, 6.07) is -0.392. The zero-order valence-electron chi connectivity index (χ0n) is 13.9. The van der Waals surface area contributed by atoms with Crippen molar-refractivity contribution in [2.75, 3.05) is 6.61 Å². The lowest BCUT2D eigenvalue weighted by atomic mass is 9.98. The van der Waals surface area contributed by atoms with Crippen LogP contribution in [0.25, 0.3) is 0 Å². The van der Waals surface area contributed by atoms with Gasteiger partial charge < -0.3 is 23.5 Å². The minimum atomic E-state index is -4.04. The second kappa shape index (κ2) is 5.60. The van der Waals surface area contributed by atoms with Crippen molar-refractivity contribution in [2.24, 2.45) is 0 Å². The molecule has 10 heteroatoms. The van der Waals surface area contributed by atoms with Crippen LogP contribution in [0.4, 0.5) is 0 Å². The average molecular weight is 345 g/mol. The Hall–Kier alpha value is -0.860. The molecule has 3 heterocycles. The van der Waals surface area contributed by atoms with Crippen LogP contribution in [0.5, 0.6) is 0 Å². The summed E-state index contributed by atoms with van der Waals surface area (Å²) in [6.45, 7) is 8.96. The second-order valence-electron chi connectivity index (χ2n) is 6.67. The van der Waals surface area contributed by atoms with Crippen molar-refractivity contribution in [3.63, 3.8) is 0 Å². The Kier molecular flexibility index (Phi) is 4.13. The number of hydrogen-bond acceptors (Lipinski definition) is 8. The lowest BCUT2D eigenvalue weighted by Gasteiger charge is -2.35. The summed E-state index contributed by atoms with van der Waals surface area (Å²) in [6.07, 6.45) is -1.07. The van der Waals surface area contributed by atoms with Crippen LogP contribution < -0.4 is 4.89 Å². The van der Waals surface area contributed by atoms with Crippen LogP contribution in [0.1, 0.15) is 46.5 Å². The highest BCUT2D eigenvalue weighted by atomic mass is 31.2. The molecule has 0 amide bonds. The zero-order valence-corrected chi connectivity index (χ0v) is 14.8. The first-order valence-corrected chi connectivity index (χ1v) is 9.37. The van der Waals surface area contributed by atoms with Crippen LogP contribution in [0.3, 0.4) is 0 Å². The molecule has 1 saturated heterocycles. The van der Waals surface area contributed by atoms with Crippen LogP contribution >= 0.6 is 7.60 Å². The van der Waals surface area contributed by atoms with Crippen LogP contribution in [-0.2, 0) is 24.2 Å². The maximum Gasteiger partial charge on any atom is 0.189 e. The standard InChI is InChI=1S/C13H23N4O5P/c1-7(2)20-6-13-11(22-23(18,19)8(3)4)10(9(5)21-13)17-12(13)14-15-16-17/h7-11H,6H2,1-5H3,(H,18,19)/p-1/t9-,10-,11-,13+/m0/s1. The third-order valence-corrected chi connectivity index (χ3v) is 6.11. The fraction of sp³-hybridized carbons (Fsp3) is 0.923. The van der Waals surface area contributed by atoms with Gasteiger partial charge in [0.1, 0.15) is 19.7 Å². The van der Waals surface area contributed by atoms with E-state index in [1.807, 2.05) is 20.8 Å². The first-order valence-electron chi connectivity index (χ1n) is 7.76. The van der Waals surface area contributed by atoms with Gasteiger partial charge in [-0.05, 0) is 31.2 Å². The van der Waals surface area contributed by atoms with Gasteiger partial charge in [-0.2, -0.15) is 0 Å². The minimum absolute atomic E-state index is 0.0444. The zero-order chi connectivity index (χ0) is 17.0. The van der Waals surface area contributed by atoms with Crippen molar-refractivity contribution < 1.29 is 23.5 Å². The molecule has 3 rings (SSSR count). The first-order chi connectivity index (χ1) is 10.7. The smallest absolute Gasteiger partial charge is 0.189 e. The van der Waals surface area contributed by atoms with E-state index in [1.54, 1.807) is 18.5 Å². The molecule has 1 aromatic rings. The number of hydrogen-bond donors (Lipinski definition) is 0. The van der Waals surface area contributed by atoms with Crippen LogP contribution in [0, 0.1) is 0 Å². The summed E-state index contributed by atoms with van der Waals surface area (Å²) in [5.41, 5.74) is -1.73. The first kappa shape index (κ1) is 17.0. The number of tetrazole rings is 1. The van der Waals surface area contributed by atoms with Gasteiger partial charge in [-0.3, -0.25) is 0 Å². The van der Waals surface area contributed by atoms with Crippen molar-refractivity contribution in [3.05, 3.63) is 5.82 Å². The van der Waals surface area contributed by atoms with Gasteiger partial charge in [-0.25, -0.2) is 4.68 Å².